The van der Waals surface area contributed by atoms with Crippen LogP contribution in [0.5, 0.6) is 0 Å². The molecule has 106 valence electrons. The van der Waals surface area contributed by atoms with Gasteiger partial charge in [-0.3, -0.25) is 4.79 Å². The second-order valence-electron chi connectivity index (χ2n) is 4.60. The third-order valence-corrected chi connectivity index (χ3v) is 2.41. The van der Waals surface area contributed by atoms with E-state index in [1.807, 2.05) is 19.9 Å². The summed E-state index contributed by atoms with van der Waals surface area (Å²) < 4.78 is 0. The molecule has 0 fully saturated rings. The highest BCUT2D eigenvalue weighted by atomic mass is 16.1. The fourth-order valence-electron chi connectivity index (χ4n) is 1.36. The van der Waals surface area contributed by atoms with Gasteiger partial charge in [0.1, 0.15) is 17.7 Å². The molecule has 0 aliphatic rings. The van der Waals surface area contributed by atoms with Crippen molar-refractivity contribution in [1.82, 2.24) is 0 Å². The van der Waals surface area contributed by atoms with Crippen LogP contribution in [0.25, 0.3) is 0 Å². The Morgan fingerprint density at radius 2 is 1.71 bits per heavy atom. The first kappa shape index (κ1) is 16.0. The highest BCUT2D eigenvalue weighted by molar-refractivity contribution is 5.99. The molecule has 0 aliphatic heterocycles. The topological polar surface area (TPSA) is 88.7 Å². The summed E-state index contributed by atoms with van der Waals surface area (Å²) in [6.07, 6.45) is 4.66. The SMILES string of the molecule is CC(C)/C=C/C(=O)Nc1ccc(NC=C(C#N)C#N)cc1. The highest BCUT2D eigenvalue weighted by Crippen LogP contribution is 2.14. The molecule has 2 N–H and O–H groups in total. The Labute approximate surface area is 124 Å². The lowest BCUT2D eigenvalue weighted by Gasteiger charge is -2.05. The quantitative estimate of drug-likeness (QED) is 0.640. The van der Waals surface area contributed by atoms with Crippen LogP contribution >= 0.6 is 0 Å². The monoisotopic (exact) mass is 280 g/mol. The van der Waals surface area contributed by atoms with E-state index >= 15 is 0 Å². The fourth-order valence-corrected chi connectivity index (χ4v) is 1.36. The van der Waals surface area contributed by atoms with Gasteiger partial charge in [-0.1, -0.05) is 19.9 Å². The molecule has 0 spiro atoms. The van der Waals surface area contributed by atoms with Gasteiger partial charge in [0, 0.05) is 17.6 Å². The first-order chi connectivity index (χ1) is 10.0. The highest BCUT2D eigenvalue weighted by Gasteiger charge is 1.99. The van der Waals surface area contributed by atoms with E-state index in [0.717, 1.165) is 0 Å². The van der Waals surface area contributed by atoms with Crippen molar-refractivity contribution in [3.63, 3.8) is 0 Å². The molecule has 1 amide bonds. The molecular formula is C16H16N4O. The van der Waals surface area contributed by atoms with Gasteiger partial charge in [0.25, 0.3) is 0 Å². The van der Waals surface area contributed by atoms with Gasteiger partial charge in [-0.15, -0.1) is 0 Å². The number of carbonyl (C=O) groups excluding carboxylic acids is 1. The van der Waals surface area contributed by atoms with Crippen LogP contribution in [0.3, 0.4) is 0 Å². The summed E-state index contributed by atoms with van der Waals surface area (Å²) in [6.45, 7) is 3.99. The second-order valence-corrected chi connectivity index (χ2v) is 4.60. The van der Waals surface area contributed by atoms with Crippen LogP contribution in [0, 0.1) is 28.6 Å². The Hall–Kier alpha value is -3.05. The zero-order chi connectivity index (χ0) is 15.7. The van der Waals surface area contributed by atoms with Gasteiger partial charge in [0.15, 0.2) is 0 Å². The van der Waals surface area contributed by atoms with Gasteiger partial charge in [-0.25, -0.2) is 0 Å². The van der Waals surface area contributed by atoms with Crippen molar-refractivity contribution in [2.45, 2.75) is 13.8 Å². The Balaban J connectivity index is 2.63. The molecule has 5 heteroatoms. The summed E-state index contributed by atoms with van der Waals surface area (Å²) in [5.74, 6) is 0.143. The van der Waals surface area contributed by atoms with Crippen LogP contribution in [0.15, 0.2) is 48.2 Å². The molecule has 0 saturated carbocycles. The van der Waals surface area contributed by atoms with Crippen molar-refractivity contribution in [2.75, 3.05) is 10.6 Å². The van der Waals surface area contributed by atoms with Crippen LogP contribution < -0.4 is 10.6 Å². The van der Waals surface area contributed by atoms with Crippen molar-refractivity contribution in [1.29, 1.82) is 10.5 Å². The summed E-state index contributed by atoms with van der Waals surface area (Å²) >= 11 is 0. The van der Waals surface area contributed by atoms with Crippen molar-refractivity contribution >= 4 is 17.3 Å². The second kappa shape index (κ2) is 8.19. The summed E-state index contributed by atoms with van der Waals surface area (Å²) in [6, 6.07) is 10.5. The van der Waals surface area contributed by atoms with E-state index < -0.39 is 0 Å². The maximum absolute atomic E-state index is 11.6. The minimum absolute atomic E-state index is 0.00815. The Bertz CT molecular complexity index is 612. The number of carbonyl (C=O) groups is 1. The van der Waals surface area contributed by atoms with Gasteiger partial charge in [0.05, 0.1) is 0 Å². The van der Waals surface area contributed by atoms with E-state index in [-0.39, 0.29) is 11.5 Å². The number of allylic oxidation sites excluding steroid dienone is 2. The minimum atomic E-state index is -0.180. The first-order valence-electron chi connectivity index (χ1n) is 6.41. The average Bonchev–Trinajstić information content (AvgIpc) is 2.48. The van der Waals surface area contributed by atoms with Gasteiger partial charge < -0.3 is 10.6 Å². The molecular weight excluding hydrogens is 264 g/mol. The normalized spacial score (nSPS) is 9.76. The van der Waals surface area contributed by atoms with Crippen LogP contribution in [0.1, 0.15) is 13.8 Å². The number of hydrogen-bond donors (Lipinski definition) is 2. The number of nitrogens with zero attached hydrogens (tertiary/aromatic N) is 2. The number of anilines is 2. The zero-order valence-corrected chi connectivity index (χ0v) is 11.9. The van der Waals surface area contributed by atoms with Gasteiger partial charge >= 0.3 is 0 Å². The number of nitrogens with one attached hydrogen (secondary N) is 2. The van der Waals surface area contributed by atoms with Crippen molar-refractivity contribution in [3.8, 4) is 12.1 Å². The van der Waals surface area contributed by atoms with E-state index in [1.54, 1.807) is 36.4 Å². The lowest BCUT2D eigenvalue weighted by molar-refractivity contribution is -0.111. The molecule has 0 bridgehead atoms. The minimum Gasteiger partial charge on any atom is -0.360 e. The predicted molar refractivity (Wildman–Crippen MR) is 82.0 cm³/mol. The van der Waals surface area contributed by atoms with Crippen LogP contribution in [0.4, 0.5) is 11.4 Å². The Morgan fingerprint density at radius 1 is 1.14 bits per heavy atom. The van der Waals surface area contributed by atoms with Gasteiger partial charge in [0.2, 0.25) is 5.91 Å². The van der Waals surface area contributed by atoms with Crippen molar-refractivity contribution in [2.24, 2.45) is 5.92 Å². The first-order valence-corrected chi connectivity index (χ1v) is 6.41. The summed E-state index contributed by atoms with van der Waals surface area (Å²) in [7, 11) is 0. The van der Waals surface area contributed by atoms with E-state index in [4.69, 9.17) is 10.5 Å². The molecule has 1 rings (SSSR count). The molecule has 0 radical (unpaired) electrons. The number of benzene rings is 1. The number of nitriles is 2. The van der Waals surface area contributed by atoms with E-state index in [2.05, 4.69) is 10.6 Å². The van der Waals surface area contributed by atoms with Crippen molar-refractivity contribution < 1.29 is 4.79 Å². The lowest BCUT2D eigenvalue weighted by Crippen LogP contribution is -2.08. The molecule has 5 nitrogen and oxygen atoms in total. The maximum Gasteiger partial charge on any atom is 0.248 e. The summed E-state index contributed by atoms with van der Waals surface area (Å²) in [5.41, 5.74) is 1.38. The number of amides is 1. The van der Waals surface area contributed by atoms with Gasteiger partial charge in [-0.2, -0.15) is 10.5 Å². The fraction of sp³-hybridized carbons (Fsp3) is 0.188. The molecule has 21 heavy (non-hydrogen) atoms. The van der Waals surface area contributed by atoms with Crippen molar-refractivity contribution in [3.05, 3.63) is 48.2 Å². The Morgan fingerprint density at radius 3 is 2.24 bits per heavy atom. The smallest absolute Gasteiger partial charge is 0.248 e. The molecule has 0 saturated heterocycles. The molecule has 0 aliphatic carbocycles. The largest absolute Gasteiger partial charge is 0.360 e. The van der Waals surface area contributed by atoms with E-state index in [1.165, 1.54) is 12.3 Å². The molecule has 1 aromatic rings. The summed E-state index contributed by atoms with van der Waals surface area (Å²) in [5, 5.41) is 22.8. The van der Waals surface area contributed by atoms with E-state index in [0.29, 0.717) is 17.3 Å². The molecule has 0 aromatic heterocycles. The van der Waals surface area contributed by atoms with E-state index in [9.17, 15) is 4.79 Å². The lowest BCUT2D eigenvalue weighted by atomic mass is 10.2. The maximum atomic E-state index is 11.6. The Kier molecular flexibility index (Phi) is 6.24. The van der Waals surface area contributed by atoms with Gasteiger partial charge in [-0.05, 0) is 36.3 Å². The molecule has 0 heterocycles. The number of hydrogen-bond acceptors (Lipinski definition) is 4. The zero-order valence-electron chi connectivity index (χ0n) is 11.9. The molecule has 1 aromatic carbocycles. The third-order valence-electron chi connectivity index (χ3n) is 2.41. The average molecular weight is 280 g/mol. The molecule has 0 unspecified atom stereocenters. The molecule has 0 atom stereocenters. The summed E-state index contributed by atoms with van der Waals surface area (Å²) in [4.78, 5) is 11.6. The predicted octanol–water partition coefficient (Wildman–Crippen LogP) is 3.18. The standard InChI is InChI=1S/C16H16N4O/c1-12(2)3-8-16(21)20-15-6-4-14(5-7-15)19-11-13(9-17)10-18/h3-8,11-12,19H,1-2H3,(H,20,21)/b8-3+. The number of rotatable bonds is 5. The van der Waals surface area contributed by atoms with Crippen LogP contribution in [-0.4, -0.2) is 5.91 Å². The van der Waals surface area contributed by atoms with Crippen LogP contribution in [-0.2, 0) is 4.79 Å². The van der Waals surface area contributed by atoms with Crippen LogP contribution in [0.2, 0.25) is 0 Å². The third kappa shape index (κ3) is 6.09.